The van der Waals surface area contributed by atoms with Gasteiger partial charge in [-0.05, 0) is 49.1 Å². The van der Waals surface area contributed by atoms with Crippen molar-refractivity contribution < 1.29 is 36.1 Å². The lowest BCUT2D eigenvalue weighted by atomic mass is 9.98. The quantitative estimate of drug-likeness (QED) is 0.328. The van der Waals surface area contributed by atoms with Crippen molar-refractivity contribution in [1.82, 2.24) is 0 Å². The number of halogens is 6. The molecule has 0 radical (unpaired) electrons. The second-order valence-electron chi connectivity index (χ2n) is 7.88. The van der Waals surface area contributed by atoms with Crippen molar-refractivity contribution in [3.05, 3.63) is 63.2 Å². The molecule has 0 bridgehead atoms. The average molecular weight is 475 g/mol. The Hall–Kier alpha value is -3.31. The van der Waals surface area contributed by atoms with Gasteiger partial charge in [0.05, 0.1) is 16.1 Å². The van der Waals surface area contributed by atoms with E-state index < -0.39 is 40.0 Å². The zero-order valence-corrected chi connectivity index (χ0v) is 17.3. The highest BCUT2D eigenvalue weighted by atomic mass is 19.4. The number of piperidine rings is 1. The minimum atomic E-state index is -5.08. The van der Waals surface area contributed by atoms with Crippen LogP contribution in [0.1, 0.15) is 41.3 Å². The third-order valence-corrected chi connectivity index (χ3v) is 5.40. The molecule has 0 unspecified atom stereocenters. The van der Waals surface area contributed by atoms with E-state index in [0.717, 1.165) is 18.9 Å². The standard InChI is InChI=1S/C21H19F6N3O3/c1-12-4-6-29(7-5-12)17-3-2-13(8-18(17)30(32)33)19(31)28-16-10-14(20(22,23)24)9-15(11-16)21(25,26)27/h2-3,8-12H,4-7H2,1H3,(H,28,31). The van der Waals surface area contributed by atoms with Crippen molar-refractivity contribution in [1.29, 1.82) is 0 Å². The summed E-state index contributed by atoms with van der Waals surface area (Å²) in [6.45, 7) is 3.23. The summed E-state index contributed by atoms with van der Waals surface area (Å²) in [5.74, 6) is -0.608. The lowest BCUT2D eigenvalue weighted by molar-refractivity contribution is -0.384. The van der Waals surface area contributed by atoms with E-state index in [1.165, 1.54) is 12.1 Å². The molecule has 1 fully saturated rings. The predicted molar refractivity (Wildman–Crippen MR) is 108 cm³/mol. The molecule has 2 aromatic rings. The Morgan fingerprint density at radius 3 is 2.03 bits per heavy atom. The molecular formula is C21H19F6N3O3. The number of nitro benzene ring substituents is 1. The van der Waals surface area contributed by atoms with Crippen LogP contribution < -0.4 is 10.2 Å². The molecule has 1 aliphatic rings. The fraction of sp³-hybridized carbons (Fsp3) is 0.381. The van der Waals surface area contributed by atoms with Gasteiger partial charge in [-0.2, -0.15) is 26.3 Å². The van der Waals surface area contributed by atoms with Crippen molar-refractivity contribution in [2.45, 2.75) is 32.1 Å². The van der Waals surface area contributed by atoms with Crippen LogP contribution >= 0.6 is 0 Å². The molecule has 1 saturated heterocycles. The zero-order valence-electron chi connectivity index (χ0n) is 17.3. The number of nitrogens with zero attached hydrogens (tertiary/aromatic N) is 2. The first-order chi connectivity index (χ1) is 15.3. The third kappa shape index (κ3) is 5.74. The van der Waals surface area contributed by atoms with Gasteiger partial charge in [0.15, 0.2) is 0 Å². The van der Waals surface area contributed by atoms with Crippen LogP contribution in [0, 0.1) is 16.0 Å². The third-order valence-electron chi connectivity index (χ3n) is 5.40. The summed E-state index contributed by atoms with van der Waals surface area (Å²) in [6, 6.07) is 4.23. The Bertz CT molecular complexity index is 1030. The first-order valence-corrected chi connectivity index (χ1v) is 9.90. The highest BCUT2D eigenvalue weighted by Gasteiger charge is 2.37. The molecule has 0 aromatic heterocycles. The second-order valence-corrected chi connectivity index (χ2v) is 7.88. The summed E-state index contributed by atoms with van der Waals surface area (Å²) >= 11 is 0. The zero-order chi connectivity index (χ0) is 24.6. The van der Waals surface area contributed by atoms with Crippen LogP contribution in [0.5, 0.6) is 0 Å². The smallest absolute Gasteiger partial charge is 0.366 e. The van der Waals surface area contributed by atoms with Crippen LogP contribution in [-0.4, -0.2) is 23.9 Å². The monoisotopic (exact) mass is 475 g/mol. The van der Waals surface area contributed by atoms with E-state index in [1.807, 2.05) is 10.2 Å². The summed E-state index contributed by atoms with van der Waals surface area (Å²) in [4.78, 5) is 25.2. The Morgan fingerprint density at radius 2 is 1.55 bits per heavy atom. The van der Waals surface area contributed by atoms with Gasteiger partial charge in [0.25, 0.3) is 11.6 Å². The topological polar surface area (TPSA) is 75.5 Å². The molecule has 0 saturated carbocycles. The summed E-state index contributed by atoms with van der Waals surface area (Å²) in [7, 11) is 0. The summed E-state index contributed by atoms with van der Waals surface area (Å²) in [6.07, 6.45) is -8.49. The lowest BCUT2D eigenvalue weighted by Crippen LogP contribution is -2.33. The summed E-state index contributed by atoms with van der Waals surface area (Å²) < 4.78 is 78.1. The predicted octanol–water partition coefficient (Wildman–Crippen LogP) is 6.12. The van der Waals surface area contributed by atoms with Crippen LogP contribution in [0.25, 0.3) is 0 Å². The van der Waals surface area contributed by atoms with Gasteiger partial charge in [-0.15, -0.1) is 0 Å². The van der Waals surface area contributed by atoms with E-state index in [-0.39, 0.29) is 17.3 Å². The molecule has 3 rings (SSSR count). The SMILES string of the molecule is CC1CCN(c2ccc(C(=O)Nc3cc(C(F)(F)F)cc(C(F)(F)F)c3)cc2[N+](=O)[O-])CC1. The Labute approximate surface area is 184 Å². The first kappa shape index (κ1) is 24.3. The number of benzene rings is 2. The number of nitro groups is 1. The van der Waals surface area contributed by atoms with E-state index >= 15 is 0 Å². The van der Waals surface area contributed by atoms with Crippen LogP contribution in [0.15, 0.2) is 36.4 Å². The number of hydrogen-bond donors (Lipinski definition) is 1. The Kier molecular flexibility index (Phi) is 6.57. The van der Waals surface area contributed by atoms with Crippen LogP contribution in [0.2, 0.25) is 0 Å². The summed E-state index contributed by atoms with van der Waals surface area (Å²) in [5, 5.41) is 13.5. The van der Waals surface area contributed by atoms with Crippen LogP contribution in [0.4, 0.5) is 43.4 Å². The van der Waals surface area contributed by atoms with Crippen molar-refractivity contribution >= 4 is 23.0 Å². The summed E-state index contributed by atoms with van der Waals surface area (Å²) in [5.41, 5.74) is -4.28. The molecular weight excluding hydrogens is 456 g/mol. The van der Waals surface area contributed by atoms with Gasteiger partial charge in [-0.1, -0.05) is 6.92 Å². The molecule has 178 valence electrons. The number of amides is 1. The van der Waals surface area contributed by atoms with Gasteiger partial charge in [-0.3, -0.25) is 14.9 Å². The molecule has 12 heteroatoms. The number of anilines is 2. The molecule has 0 aliphatic carbocycles. The fourth-order valence-corrected chi connectivity index (χ4v) is 3.56. The van der Waals surface area contributed by atoms with Crippen molar-refractivity contribution in [2.24, 2.45) is 5.92 Å². The number of carbonyl (C=O) groups excluding carboxylic acids is 1. The first-order valence-electron chi connectivity index (χ1n) is 9.90. The van der Waals surface area contributed by atoms with E-state index in [4.69, 9.17) is 0 Å². The largest absolute Gasteiger partial charge is 0.416 e. The van der Waals surface area contributed by atoms with E-state index in [9.17, 15) is 41.3 Å². The minimum absolute atomic E-state index is 0.0607. The maximum Gasteiger partial charge on any atom is 0.416 e. The normalized spacial score (nSPS) is 15.4. The molecule has 6 nitrogen and oxygen atoms in total. The number of hydrogen-bond acceptors (Lipinski definition) is 4. The number of carbonyl (C=O) groups is 1. The van der Waals surface area contributed by atoms with Gasteiger partial charge in [0.2, 0.25) is 0 Å². The maximum absolute atomic E-state index is 13.0. The molecule has 33 heavy (non-hydrogen) atoms. The van der Waals surface area contributed by atoms with Gasteiger partial charge < -0.3 is 10.2 Å². The molecule has 2 aromatic carbocycles. The van der Waals surface area contributed by atoms with Gasteiger partial charge in [0, 0.05) is 30.4 Å². The Balaban J connectivity index is 1.91. The second kappa shape index (κ2) is 8.91. The molecule has 1 N–H and O–H groups in total. The van der Waals surface area contributed by atoms with Crippen LogP contribution in [-0.2, 0) is 12.4 Å². The maximum atomic E-state index is 13.0. The number of rotatable bonds is 4. The molecule has 1 heterocycles. The average Bonchev–Trinajstić information content (AvgIpc) is 2.72. The van der Waals surface area contributed by atoms with Gasteiger partial charge in [-0.25, -0.2) is 0 Å². The lowest BCUT2D eigenvalue weighted by Gasteiger charge is -2.31. The fourth-order valence-electron chi connectivity index (χ4n) is 3.56. The molecule has 0 spiro atoms. The molecule has 1 amide bonds. The Morgan fingerprint density at radius 1 is 1.00 bits per heavy atom. The van der Waals surface area contributed by atoms with E-state index in [1.54, 1.807) is 0 Å². The van der Waals surface area contributed by atoms with Gasteiger partial charge >= 0.3 is 12.4 Å². The van der Waals surface area contributed by atoms with E-state index in [0.29, 0.717) is 36.8 Å². The van der Waals surface area contributed by atoms with Crippen molar-refractivity contribution in [3.63, 3.8) is 0 Å². The van der Waals surface area contributed by atoms with Crippen LogP contribution in [0.3, 0.4) is 0 Å². The van der Waals surface area contributed by atoms with Gasteiger partial charge in [0.1, 0.15) is 5.69 Å². The van der Waals surface area contributed by atoms with E-state index in [2.05, 4.69) is 6.92 Å². The number of alkyl halides is 6. The highest BCUT2D eigenvalue weighted by Crippen LogP contribution is 2.38. The highest BCUT2D eigenvalue weighted by molar-refractivity contribution is 6.05. The number of nitrogens with one attached hydrogen (secondary N) is 1. The molecule has 0 atom stereocenters. The van der Waals surface area contributed by atoms with Crippen molar-refractivity contribution in [3.8, 4) is 0 Å². The minimum Gasteiger partial charge on any atom is -0.366 e. The van der Waals surface area contributed by atoms with Crippen molar-refractivity contribution in [2.75, 3.05) is 23.3 Å². The molecule has 1 aliphatic heterocycles.